The zero-order valence-electron chi connectivity index (χ0n) is 24.0. The van der Waals surface area contributed by atoms with Crippen LogP contribution in [0.25, 0.3) is 0 Å². The number of hydrogen-bond acceptors (Lipinski definition) is 7. The number of aliphatic hydroxyl groups is 1. The number of rotatable bonds is 14. The third-order valence-corrected chi connectivity index (χ3v) is 10.7. The number of hydrogen-bond donors (Lipinski definition) is 1. The zero-order chi connectivity index (χ0) is 29.1. The van der Waals surface area contributed by atoms with E-state index in [4.69, 9.17) is 4.74 Å². The minimum absolute atomic E-state index is 0.0938. The molecule has 218 valence electrons. The molecule has 4 rings (SSSR count). The van der Waals surface area contributed by atoms with E-state index in [1.54, 1.807) is 33.7 Å². The second kappa shape index (κ2) is 12.4. The van der Waals surface area contributed by atoms with Crippen LogP contribution in [0.3, 0.4) is 0 Å². The van der Waals surface area contributed by atoms with Gasteiger partial charge in [0.25, 0.3) is 5.91 Å². The molecule has 40 heavy (non-hydrogen) atoms. The molecule has 1 N–H and O–H groups in total. The van der Waals surface area contributed by atoms with E-state index in [0.717, 1.165) is 30.9 Å². The molecule has 2 amide bonds. The molecular formula is C31H43N3O5S. The molecular weight excluding hydrogens is 526 g/mol. The first-order valence-electron chi connectivity index (χ1n) is 14.4. The van der Waals surface area contributed by atoms with Gasteiger partial charge in [0.2, 0.25) is 5.91 Å². The Morgan fingerprint density at radius 1 is 1.15 bits per heavy atom. The van der Waals surface area contributed by atoms with Crippen molar-refractivity contribution in [1.82, 2.24) is 4.90 Å². The van der Waals surface area contributed by atoms with E-state index in [1.165, 1.54) is 0 Å². The van der Waals surface area contributed by atoms with E-state index >= 15 is 0 Å². The number of esters is 1. The number of ether oxygens (including phenoxy) is 1. The van der Waals surface area contributed by atoms with Gasteiger partial charge < -0.3 is 24.5 Å². The van der Waals surface area contributed by atoms with Gasteiger partial charge in [-0.3, -0.25) is 14.4 Å². The number of anilines is 2. The van der Waals surface area contributed by atoms with Gasteiger partial charge >= 0.3 is 5.97 Å². The first-order chi connectivity index (χ1) is 19.2. The zero-order valence-corrected chi connectivity index (χ0v) is 24.8. The average Bonchev–Trinajstić information content (AvgIpc) is 3.52. The van der Waals surface area contributed by atoms with Crippen LogP contribution in [0.4, 0.5) is 11.4 Å². The van der Waals surface area contributed by atoms with E-state index in [2.05, 4.69) is 31.9 Å². The second-order valence-corrected chi connectivity index (χ2v) is 12.9. The number of amides is 2. The lowest BCUT2D eigenvalue weighted by Gasteiger charge is -2.37. The Labute approximate surface area is 242 Å². The van der Waals surface area contributed by atoms with Crippen molar-refractivity contribution in [3.63, 3.8) is 0 Å². The van der Waals surface area contributed by atoms with Crippen molar-refractivity contribution < 1.29 is 24.2 Å². The van der Waals surface area contributed by atoms with E-state index in [1.807, 2.05) is 31.2 Å². The van der Waals surface area contributed by atoms with E-state index < -0.39 is 27.4 Å². The van der Waals surface area contributed by atoms with Crippen LogP contribution in [0.1, 0.15) is 46.5 Å². The highest BCUT2D eigenvalue weighted by Gasteiger charge is 2.77. The second-order valence-electron chi connectivity index (χ2n) is 11.0. The van der Waals surface area contributed by atoms with Crippen LogP contribution in [0.15, 0.2) is 49.6 Å². The number of likely N-dealkylation sites (tertiary alicyclic amines) is 1. The Morgan fingerprint density at radius 2 is 1.82 bits per heavy atom. The lowest BCUT2D eigenvalue weighted by molar-refractivity contribution is -0.155. The van der Waals surface area contributed by atoms with E-state index in [-0.39, 0.29) is 44.1 Å². The van der Waals surface area contributed by atoms with Crippen LogP contribution in [-0.4, -0.2) is 82.7 Å². The van der Waals surface area contributed by atoms with Crippen molar-refractivity contribution in [3.05, 3.63) is 49.6 Å². The standard InChI is InChI=1S/C31H43N3O5S/c1-6-10-21-39-29(38)25-24-27(36)34(19-11-20-35)26(31(24)17-16-30(25,5)40-31)28(37)33(18-7-2)23-14-12-22(13-15-23)32(8-3)9-4/h6-7,12-15,24-26,35H,1-2,8-11,16-21H2,3-5H3/t24-,25-,26?,30+,31?/m0/s1. The first kappa shape index (κ1) is 30.2. The van der Waals surface area contributed by atoms with E-state index in [0.29, 0.717) is 19.3 Å². The van der Waals surface area contributed by atoms with Gasteiger partial charge in [-0.05, 0) is 70.7 Å². The van der Waals surface area contributed by atoms with Gasteiger partial charge in [-0.15, -0.1) is 24.9 Å². The molecule has 0 radical (unpaired) electrons. The van der Waals surface area contributed by atoms with Gasteiger partial charge in [0, 0.05) is 48.9 Å². The minimum Gasteiger partial charge on any atom is -0.465 e. The SMILES string of the molecule is C=CCCOC(=O)[C@@H]1[C@H]2C(=O)N(CCCO)C(C(=O)N(CC=C)c3ccc(N(CC)CC)cc3)C23CC[C@@]1(C)S3. The number of nitrogens with zero attached hydrogens (tertiary/aromatic N) is 3. The fourth-order valence-electron chi connectivity index (χ4n) is 6.91. The highest BCUT2D eigenvalue weighted by molar-refractivity contribution is 8.02. The molecule has 2 bridgehead atoms. The van der Waals surface area contributed by atoms with Crippen molar-refractivity contribution >= 4 is 40.9 Å². The summed E-state index contributed by atoms with van der Waals surface area (Å²) in [7, 11) is 0. The number of thioether (sulfide) groups is 1. The van der Waals surface area contributed by atoms with Gasteiger partial charge in [0.05, 0.1) is 23.2 Å². The monoisotopic (exact) mass is 569 g/mol. The summed E-state index contributed by atoms with van der Waals surface area (Å²) in [5.41, 5.74) is 1.81. The van der Waals surface area contributed by atoms with Crippen LogP contribution in [0, 0.1) is 11.8 Å². The molecule has 3 aliphatic heterocycles. The van der Waals surface area contributed by atoms with Crippen molar-refractivity contribution in [1.29, 1.82) is 0 Å². The largest absolute Gasteiger partial charge is 0.465 e. The molecule has 2 unspecified atom stereocenters. The fraction of sp³-hybridized carbons (Fsp3) is 0.581. The molecule has 3 aliphatic rings. The van der Waals surface area contributed by atoms with Gasteiger partial charge in [-0.25, -0.2) is 0 Å². The summed E-state index contributed by atoms with van der Waals surface area (Å²) in [6.07, 6.45) is 5.67. The topological polar surface area (TPSA) is 90.4 Å². The number of aliphatic hydroxyl groups excluding tert-OH is 1. The highest BCUT2D eigenvalue weighted by atomic mass is 32.2. The maximum Gasteiger partial charge on any atom is 0.311 e. The number of carbonyl (C=O) groups excluding carboxylic acids is 3. The molecule has 0 saturated carbocycles. The molecule has 3 heterocycles. The van der Waals surface area contributed by atoms with Crippen LogP contribution in [0.2, 0.25) is 0 Å². The average molecular weight is 570 g/mol. The first-order valence-corrected chi connectivity index (χ1v) is 15.2. The summed E-state index contributed by atoms with van der Waals surface area (Å²) in [5.74, 6) is -2.01. The quantitative estimate of drug-likeness (QED) is 0.206. The maximum atomic E-state index is 14.6. The Morgan fingerprint density at radius 3 is 2.42 bits per heavy atom. The lowest BCUT2D eigenvalue weighted by atomic mass is 9.66. The van der Waals surface area contributed by atoms with Crippen molar-refractivity contribution in [2.24, 2.45) is 11.8 Å². The Hall–Kier alpha value is -2.78. The van der Waals surface area contributed by atoms with Gasteiger partial charge in [-0.1, -0.05) is 12.2 Å². The smallest absolute Gasteiger partial charge is 0.311 e. The van der Waals surface area contributed by atoms with Crippen molar-refractivity contribution in [2.45, 2.75) is 62.0 Å². The lowest BCUT2D eigenvalue weighted by Crippen LogP contribution is -2.55. The number of benzene rings is 1. The molecule has 0 aliphatic carbocycles. The van der Waals surface area contributed by atoms with Crippen LogP contribution in [-0.2, 0) is 19.1 Å². The van der Waals surface area contributed by atoms with Crippen LogP contribution in [0.5, 0.6) is 0 Å². The van der Waals surface area contributed by atoms with Gasteiger partial charge in [-0.2, -0.15) is 0 Å². The van der Waals surface area contributed by atoms with E-state index in [9.17, 15) is 19.5 Å². The predicted octanol–water partition coefficient (Wildman–Crippen LogP) is 4.03. The molecule has 1 spiro atoms. The van der Waals surface area contributed by atoms with Crippen molar-refractivity contribution in [3.8, 4) is 0 Å². The Balaban J connectivity index is 1.72. The summed E-state index contributed by atoms with van der Waals surface area (Å²) >= 11 is 1.62. The molecule has 5 atom stereocenters. The van der Waals surface area contributed by atoms with Gasteiger partial charge in [0.1, 0.15) is 6.04 Å². The summed E-state index contributed by atoms with van der Waals surface area (Å²) in [4.78, 5) is 47.6. The third-order valence-electron chi connectivity index (χ3n) is 8.76. The summed E-state index contributed by atoms with van der Waals surface area (Å²) in [6, 6.07) is 7.17. The summed E-state index contributed by atoms with van der Waals surface area (Å²) in [5, 5.41) is 9.62. The van der Waals surface area contributed by atoms with Crippen LogP contribution >= 0.6 is 11.8 Å². The number of carbonyl (C=O) groups is 3. The molecule has 8 nitrogen and oxygen atoms in total. The molecule has 3 saturated heterocycles. The fourth-order valence-corrected chi connectivity index (χ4v) is 9.25. The molecule has 1 aromatic rings. The van der Waals surface area contributed by atoms with Gasteiger partial charge in [0.15, 0.2) is 0 Å². The van der Waals surface area contributed by atoms with Crippen molar-refractivity contribution in [2.75, 3.05) is 49.2 Å². The molecule has 0 aromatic heterocycles. The maximum absolute atomic E-state index is 14.6. The third kappa shape index (κ3) is 5.07. The number of fused-ring (bicyclic) bond motifs is 1. The molecule has 1 aromatic carbocycles. The summed E-state index contributed by atoms with van der Waals surface area (Å²) < 4.78 is 4.39. The highest BCUT2D eigenvalue weighted by Crippen LogP contribution is 2.71. The van der Waals surface area contributed by atoms with Crippen LogP contribution < -0.4 is 9.80 Å². The predicted molar refractivity (Wildman–Crippen MR) is 160 cm³/mol. The molecule has 3 fully saturated rings. The molecule has 9 heteroatoms. The summed E-state index contributed by atoms with van der Waals surface area (Å²) in [6.45, 7) is 16.3. The normalized spacial score (nSPS) is 28.4. The Kier molecular flexibility index (Phi) is 9.35. The minimum atomic E-state index is -0.753. The Bertz CT molecular complexity index is 1120.